The maximum absolute atomic E-state index is 12.2. The molecule has 2 aromatic rings. The first-order chi connectivity index (χ1) is 12.4. The molecule has 8 heteroatoms. The highest BCUT2D eigenvalue weighted by atomic mass is 32.1. The highest BCUT2D eigenvalue weighted by Crippen LogP contribution is 2.24. The number of hydrogen-bond donors (Lipinski definition) is 2. The van der Waals surface area contributed by atoms with Crippen molar-refractivity contribution in [2.24, 2.45) is 0 Å². The third-order valence-corrected chi connectivity index (χ3v) is 4.40. The number of nitrogens with one attached hydrogen (secondary N) is 2. The minimum absolute atomic E-state index is 0.129. The molecule has 140 valence electrons. The van der Waals surface area contributed by atoms with Crippen LogP contribution in [0.15, 0.2) is 30.5 Å². The van der Waals surface area contributed by atoms with Crippen molar-refractivity contribution in [3.05, 3.63) is 36.0 Å². The number of carbonyl (C=O) groups is 2. The minimum atomic E-state index is -0.410. The van der Waals surface area contributed by atoms with Crippen LogP contribution in [0.3, 0.4) is 0 Å². The molecule has 0 aliphatic carbocycles. The maximum atomic E-state index is 12.2. The molecule has 2 rings (SSSR count). The number of ether oxygens (including phenoxy) is 1. The van der Waals surface area contributed by atoms with Gasteiger partial charge in [-0.1, -0.05) is 30.4 Å². The van der Waals surface area contributed by atoms with E-state index in [-0.39, 0.29) is 18.3 Å². The van der Waals surface area contributed by atoms with Gasteiger partial charge in [-0.05, 0) is 17.7 Å². The van der Waals surface area contributed by atoms with Gasteiger partial charge in [-0.25, -0.2) is 4.98 Å². The third-order valence-electron chi connectivity index (χ3n) is 3.55. The summed E-state index contributed by atoms with van der Waals surface area (Å²) in [6.45, 7) is 3.28. The zero-order valence-corrected chi connectivity index (χ0v) is 16.2. The number of carbonyl (C=O) groups excluding carboxylic acids is 2. The van der Waals surface area contributed by atoms with Crippen molar-refractivity contribution in [1.29, 1.82) is 0 Å². The fourth-order valence-electron chi connectivity index (χ4n) is 2.23. The first-order valence-electron chi connectivity index (χ1n) is 8.33. The van der Waals surface area contributed by atoms with E-state index in [9.17, 15) is 9.59 Å². The molecule has 0 saturated carbocycles. The standard InChI is InChI=1S/C18H24N4O3S/c1-5-16(25-12(2)23)21-17-11-19-18(26-17)20-15(24)10-13-6-8-14(9-7-13)22(3)4/h6-9,11,16,21H,5,10H2,1-4H3,(H,19,20,24). The molecule has 1 amide bonds. The lowest BCUT2D eigenvalue weighted by Gasteiger charge is -2.15. The minimum Gasteiger partial charge on any atom is -0.442 e. The summed E-state index contributed by atoms with van der Waals surface area (Å²) in [5, 5.41) is 7.09. The second kappa shape index (κ2) is 9.19. The quantitative estimate of drug-likeness (QED) is 0.544. The van der Waals surface area contributed by atoms with Crippen molar-refractivity contribution in [1.82, 2.24) is 4.98 Å². The Morgan fingerprint density at radius 1 is 1.27 bits per heavy atom. The number of esters is 1. The molecule has 0 fully saturated rings. The van der Waals surface area contributed by atoms with Crippen LogP contribution in [0.25, 0.3) is 0 Å². The topological polar surface area (TPSA) is 83.6 Å². The van der Waals surface area contributed by atoms with Gasteiger partial charge in [-0.15, -0.1) is 0 Å². The van der Waals surface area contributed by atoms with Crippen molar-refractivity contribution < 1.29 is 14.3 Å². The van der Waals surface area contributed by atoms with Crippen LogP contribution in [-0.4, -0.2) is 37.2 Å². The van der Waals surface area contributed by atoms with Crippen LogP contribution in [0, 0.1) is 0 Å². The Morgan fingerprint density at radius 3 is 2.54 bits per heavy atom. The van der Waals surface area contributed by atoms with Gasteiger partial charge in [0.05, 0.1) is 12.6 Å². The molecule has 1 heterocycles. The number of benzene rings is 1. The molecular weight excluding hydrogens is 352 g/mol. The zero-order valence-electron chi connectivity index (χ0n) is 15.4. The van der Waals surface area contributed by atoms with Crippen LogP contribution in [0.5, 0.6) is 0 Å². The van der Waals surface area contributed by atoms with Gasteiger partial charge in [0.1, 0.15) is 5.00 Å². The van der Waals surface area contributed by atoms with E-state index in [0.717, 1.165) is 16.3 Å². The summed E-state index contributed by atoms with van der Waals surface area (Å²) < 4.78 is 5.14. The fourth-order valence-corrected chi connectivity index (χ4v) is 3.01. The highest BCUT2D eigenvalue weighted by Gasteiger charge is 2.12. The summed E-state index contributed by atoms with van der Waals surface area (Å²) in [4.78, 5) is 29.4. The number of anilines is 3. The summed E-state index contributed by atoms with van der Waals surface area (Å²) in [7, 11) is 3.95. The van der Waals surface area contributed by atoms with Crippen molar-refractivity contribution in [3.63, 3.8) is 0 Å². The molecule has 1 aromatic heterocycles. The second-order valence-electron chi connectivity index (χ2n) is 5.97. The van der Waals surface area contributed by atoms with E-state index in [1.54, 1.807) is 6.20 Å². The first kappa shape index (κ1) is 19.7. The molecule has 0 bridgehead atoms. The Morgan fingerprint density at radius 2 is 1.96 bits per heavy atom. The van der Waals surface area contributed by atoms with Crippen molar-refractivity contribution in [3.8, 4) is 0 Å². The molecule has 0 aliphatic heterocycles. The summed E-state index contributed by atoms with van der Waals surface area (Å²) in [5.74, 6) is -0.474. The molecular formula is C18H24N4O3S. The molecule has 1 atom stereocenters. The maximum Gasteiger partial charge on any atom is 0.304 e. The number of nitrogens with zero attached hydrogens (tertiary/aromatic N) is 2. The number of hydrogen-bond acceptors (Lipinski definition) is 7. The van der Waals surface area contributed by atoms with Crippen LogP contribution >= 0.6 is 11.3 Å². The van der Waals surface area contributed by atoms with Crippen LogP contribution in [0.2, 0.25) is 0 Å². The van der Waals surface area contributed by atoms with Gasteiger partial charge in [0.15, 0.2) is 11.4 Å². The molecule has 0 spiro atoms. The van der Waals surface area contributed by atoms with Crippen LogP contribution in [-0.2, 0) is 20.7 Å². The largest absolute Gasteiger partial charge is 0.442 e. The van der Waals surface area contributed by atoms with Crippen molar-refractivity contribution in [2.75, 3.05) is 29.6 Å². The predicted molar refractivity (Wildman–Crippen MR) is 105 cm³/mol. The highest BCUT2D eigenvalue weighted by molar-refractivity contribution is 7.19. The average molecular weight is 376 g/mol. The SMILES string of the molecule is CCC(Nc1cnc(NC(=O)Cc2ccc(N(C)C)cc2)s1)OC(C)=O. The van der Waals surface area contributed by atoms with Crippen molar-refractivity contribution >= 4 is 39.0 Å². The number of thiazole rings is 1. The van der Waals surface area contributed by atoms with E-state index >= 15 is 0 Å². The summed E-state index contributed by atoms with van der Waals surface area (Å²) in [6.07, 6.45) is 2.10. The van der Waals surface area contributed by atoms with Gasteiger partial charge in [-0.3, -0.25) is 9.59 Å². The second-order valence-corrected chi connectivity index (χ2v) is 7.00. The number of aromatic nitrogens is 1. The molecule has 1 aromatic carbocycles. The van der Waals surface area contributed by atoms with Gasteiger partial charge in [0.25, 0.3) is 0 Å². The van der Waals surface area contributed by atoms with Gasteiger partial charge in [-0.2, -0.15) is 0 Å². The summed E-state index contributed by atoms with van der Waals surface area (Å²) in [6, 6.07) is 7.84. The smallest absolute Gasteiger partial charge is 0.304 e. The Balaban J connectivity index is 1.89. The lowest BCUT2D eigenvalue weighted by Crippen LogP contribution is -2.23. The normalized spacial score (nSPS) is 11.5. The Kier molecular flexibility index (Phi) is 6.97. The summed E-state index contributed by atoms with van der Waals surface area (Å²) in [5.41, 5.74) is 2.02. The van der Waals surface area contributed by atoms with E-state index < -0.39 is 6.23 Å². The Labute approximate surface area is 157 Å². The molecule has 0 saturated heterocycles. The molecule has 0 radical (unpaired) electrons. The lowest BCUT2D eigenvalue weighted by molar-refractivity contribution is -0.145. The van der Waals surface area contributed by atoms with Crippen LogP contribution in [0.1, 0.15) is 25.8 Å². The van der Waals surface area contributed by atoms with Crippen LogP contribution in [0.4, 0.5) is 15.8 Å². The average Bonchev–Trinajstić information content (AvgIpc) is 3.01. The van der Waals surface area contributed by atoms with E-state index in [2.05, 4.69) is 15.6 Å². The van der Waals surface area contributed by atoms with Gasteiger partial charge in [0, 0.05) is 33.1 Å². The van der Waals surface area contributed by atoms with Gasteiger partial charge >= 0.3 is 5.97 Å². The van der Waals surface area contributed by atoms with Gasteiger partial charge in [0.2, 0.25) is 5.91 Å². The zero-order chi connectivity index (χ0) is 19.1. The number of rotatable bonds is 8. The lowest BCUT2D eigenvalue weighted by atomic mass is 10.1. The first-order valence-corrected chi connectivity index (χ1v) is 9.14. The van der Waals surface area contributed by atoms with E-state index in [0.29, 0.717) is 11.6 Å². The summed E-state index contributed by atoms with van der Waals surface area (Å²) >= 11 is 1.30. The fraction of sp³-hybridized carbons (Fsp3) is 0.389. The van der Waals surface area contributed by atoms with E-state index in [4.69, 9.17) is 4.74 Å². The molecule has 1 unspecified atom stereocenters. The number of amides is 1. The van der Waals surface area contributed by atoms with Crippen molar-refractivity contribution in [2.45, 2.75) is 32.9 Å². The van der Waals surface area contributed by atoms with Gasteiger partial charge < -0.3 is 20.3 Å². The Hall–Kier alpha value is -2.61. The molecule has 2 N–H and O–H groups in total. The van der Waals surface area contributed by atoms with Crippen LogP contribution < -0.4 is 15.5 Å². The monoisotopic (exact) mass is 376 g/mol. The third kappa shape index (κ3) is 6.03. The predicted octanol–water partition coefficient (Wildman–Crippen LogP) is 3.10. The molecule has 0 aliphatic rings. The Bertz CT molecular complexity index is 743. The molecule has 26 heavy (non-hydrogen) atoms. The van der Waals surface area contributed by atoms with E-state index in [1.165, 1.54) is 18.3 Å². The molecule has 7 nitrogen and oxygen atoms in total. The van der Waals surface area contributed by atoms with E-state index in [1.807, 2.05) is 50.2 Å².